The van der Waals surface area contributed by atoms with Crippen molar-refractivity contribution in [1.82, 2.24) is 9.55 Å². The lowest BCUT2D eigenvalue weighted by atomic mass is 10.5. The summed E-state index contributed by atoms with van der Waals surface area (Å²) >= 11 is 0. The standard InChI is InChI=1S/C11H17N3O4/c1-4-13-6-5-12-11(13)14(7-9(15)17-2)8-10(16)18-3/h5-6H,4,7-8H2,1-3H3. The van der Waals surface area contributed by atoms with Crippen LogP contribution in [0.15, 0.2) is 12.4 Å². The number of nitrogens with zero attached hydrogens (tertiary/aromatic N) is 3. The summed E-state index contributed by atoms with van der Waals surface area (Å²) in [5, 5.41) is 0. The zero-order chi connectivity index (χ0) is 13.5. The van der Waals surface area contributed by atoms with Crippen molar-refractivity contribution in [1.29, 1.82) is 0 Å². The van der Waals surface area contributed by atoms with Gasteiger partial charge in [-0.25, -0.2) is 4.98 Å². The molecule has 0 aliphatic heterocycles. The molecule has 0 saturated carbocycles. The molecule has 0 aliphatic rings. The molecule has 0 spiro atoms. The van der Waals surface area contributed by atoms with Gasteiger partial charge in [-0.3, -0.25) is 9.59 Å². The normalized spacial score (nSPS) is 9.94. The van der Waals surface area contributed by atoms with Crippen molar-refractivity contribution in [3.8, 4) is 0 Å². The Morgan fingerprint density at radius 2 is 1.83 bits per heavy atom. The lowest BCUT2D eigenvalue weighted by Crippen LogP contribution is -2.37. The topological polar surface area (TPSA) is 73.7 Å². The van der Waals surface area contributed by atoms with Crippen molar-refractivity contribution in [2.24, 2.45) is 0 Å². The molecule has 1 rings (SSSR count). The maximum absolute atomic E-state index is 11.3. The monoisotopic (exact) mass is 255 g/mol. The van der Waals surface area contributed by atoms with Gasteiger partial charge in [0.15, 0.2) is 0 Å². The molecule has 1 aromatic heterocycles. The van der Waals surface area contributed by atoms with Crippen LogP contribution in [0.25, 0.3) is 0 Å². The summed E-state index contributed by atoms with van der Waals surface area (Å²) in [6.07, 6.45) is 3.39. The Labute approximate surface area is 105 Å². The van der Waals surface area contributed by atoms with E-state index in [0.29, 0.717) is 12.5 Å². The first-order chi connectivity index (χ1) is 8.62. The average molecular weight is 255 g/mol. The summed E-state index contributed by atoms with van der Waals surface area (Å²) in [5.74, 6) is -0.345. The van der Waals surface area contributed by atoms with Gasteiger partial charge in [0.05, 0.1) is 14.2 Å². The zero-order valence-corrected chi connectivity index (χ0v) is 10.8. The molecule has 0 unspecified atom stereocenters. The molecule has 1 aromatic rings. The Balaban J connectivity index is 2.89. The van der Waals surface area contributed by atoms with E-state index < -0.39 is 11.9 Å². The molecule has 0 aliphatic carbocycles. The second-order valence-electron chi connectivity index (χ2n) is 3.52. The third-order valence-electron chi connectivity index (χ3n) is 2.41. The van der Waals surface area contributed by atoms with Crippen LogP contribution in [-0.2, 0) is 25.6 Å². The Bertz CT molecular complexity index is 398. The highest BCUT2D eigenvalue weighted by molar-refractivity contribution is 5.80. The molecule has 7 nitrogen and oxygen atoms in total. The molecule has 1 heterocycles. The van der Waals surface area contributed by atoms with Gasteiger partial charge in [0, 0.05) is 18.9 Å². The van der Waals surface area contributed by atoms with Crippen LogP contribution in [0.1, 0.15) is 6.92 Å². The summed E-state index contributed by atoms with van der Waals surface area (Å²) in [5.41, 5.74) is 0. The van der Waals surface area contributed by atoms with Gasteiger partial charge in [-0.15, -0.1) is 0 Å². The van der Waals surface area contributed by atoms with Gasteiger partial charge in [-0.05, 0) is 6.92 Å². The highest BCUT2D eigenvalue weighted by Gasteiger charge is 2.19. The molecular formula is C11H17N3O4. The number of ether oxygens (including phenoxy) is 2. The minimum Gasteiger partial charge on any atom is -0.468 e. The van der Waals surface area contributed by atoms with Gasteiger partial charge in [0.1, 0.15) is 13.1 Å². The van der Waals surface area contributed by atoms with Crippen LogP contribution in [0.5, 0.6) is 0 Å². The maximum Gasteiger partial charge on any atom is 0.325 e. The minimum atomic E-state index is -0.440. The van der Waals surface area contributed by atoms with Crippen molar-refractivity contribution in [2.45, 2.75) is 13.5 Å². The van der Waals surface area contributed by atoms with Crippen LogP contribution in [-0.4, -0.2) is 48.8 Å². The fourth-order valence-corrected chi connectivity index (χ4v) is 1.47. The van der Waals surface area contributed by atoms with Crippen LogP contribution in [0.4, 0.5) is 5.95 Å². The van der Waals surface area contributed by atoms with E-state index in [1.165, 1.54) is 19.1 Å². The van der Waals surface area contributed by atoms with E-state index in [4.69, 9.17) is 0 Å². The highest BCUT2D eigenvalue weighted by Crippen LogP contribution is 2.11. The molecule has 18 heavy (non-hydrogen) atoms. The number of hydrogen-bond donors (Lipinski definition) is 0. The molecule has 0 saturated heterocycles. The van der Waals surface area contributed by atoms with E-state index in [2.05, 4.69) is 14.5 Å². The summed E-state index contributed by atoms with van der Waals surface area (Å²) in [7, 11) is 2.59. The van der Waals surface area contributed by atoms with Crippen LogP contribution < -0.4 is 4.90 Å². The SMILES string of the molecule is CCn1ccnc1N(CC(=O)OC)CC(=O)OC. The third-order valence-corrected chi connectivity index (χ3v) is 2.41. The summed E-state index contributed by atoms with van der Waals surface area (Å²) in [6, 6.07) is 0. The van der Waals surface area contributed by atoms with Crippen molar-refractivity contribution < 1.29 is 19.1 Å². The number of carbonyl (C=O) groups excluding carboxylic acids is 2. The lowest BCUT2D eigenvalue weighted by Gasteiger charge is -2.21. The summed E-state index contributed by atoms with van der Waals surface area (Å²) in [6.45, 7) is 2.53. The maximum atomic E-state index is 11.3. The second-order valence-corrected chi connectivity index (χ2v) is 3.52. The summed E-state index contributed by atoms with van der Waals surface area (Å²) < 4.78 is 11.0. The number of aromatic nitrogens is 2. The molecular weight excluding hydrogens is 238 g/mol. The van der Waals surface area contributed by atoms with Crippen molar-refractivity contribution in [2.75, 3.05) is 32.2 Å². The molecule has 0 fully saturated rings. The van der Waals surface area contributed by atoms with Crippen LogP contribution in [0.2, 0.25) is 0 Å². The number of methoxy groups -OCH3 is 2. The van der Waals surface area contributed by atoms with Crippen molar-refractivity contribution >= 4 is 17.9 Å². The van der Waals surface area contributed by atoms with Gasteiger partial charge < -0.3 is 18.9 Å². The number of hydrogen-bond acceptors (Lipinski definition) is 6. The number of anilines is 1. The molecule has 0 aromatic carbocycles. The van der Waals surface area contributed by atoms with E-state index in [0.717, 1.165) is 0 Å². The third kappa shape index (κ3) is 3.47. The number of imidazole rings is 1. The van der Waals surface area contributed by atoms with E-state index in [1.807, 2.05) is 11.5 Å². The Morgan fingerprint density at radius 1 is 1.28 bits per heavy atom. The van der Waals surface area contributed by atoms with E-state index >= 15 is 0 Å². The van der Waals surface area contributed by atoms with Gasteiger partial charge in [-0.2, -0.15) is 0 Å². The number of rotatable bonds is 6. The molecule has 0 amide bonds. The minimum absolute atomic E-state index is 0.0530. The molecule has 0 N–H and O–H groups in total. The molecule has 7 heteroatoms. The van der Waals surface area contributed by atoms with Gasteiger partial charge >= 0.3 is 11.9 Å². The Morgan fingerprint density at radius 3 is 2.28 bits per heavy atom. The number of aryl methyl sites for hydroxylation is 1. The predicted molar refractivity (Wildman–Crippen MR) is 64.1 cm³/mol. The fraction of sp³-hybridized carbons (Fsp3) is 0.545. The quantitative estimate of drug-likeness (QED) is 0.669. The smallest absolute Gasteiger partial charge is 0.325 e. The van der Waals surface area contributed by atoms with Gasteiger partial charge in [-0.1, -0.05) is 0 Å². The molecule has 0 radical (unpaired) electrons. The molecule has 100 valence electrons. The van der Waals surface area contributed by atoms with E-state index in [1.54, 1.807) is 12.4 Å². The van der Waals surface area contributed by atoms with Crippen LogP contribution in [0.3, 0.4) is 0 Å². The predicted octanol–water partition coefficient (Wildman–Crippen LogP) is 0.0554. The zero-order valence-electron chi connectivity index (χ0n) is 10.8. The van der Waals surface area contributed by atoms with E-state index in [9.17, 15) is 9.59 Å². The first kappa shape index (κ1) is 14.0. The molecule has 0 bridgehead atoms. The first-order valence-corrected chi connectivity index (χ1v) is 5.52. The average Bonchev–Trinajstić information content (AvgIpc) is 2.85. The van der Waals surface area contributed by atoms with E-state index in [-0.39, 0.29) is 13.1 Å². The van der Waals surface area contributed by atoms with Crippen molar-refractivity contribution in [3.05, 3.63) is 12.4 Å². The first-order valence-electron chi connectivity index (χ1n) is 5.52. The van der Waals surface area contributed by atoms with Gasteiger partial charge in [0.25, 0.3) is 0 Å². The second kappa shape index (κ2) is 6.63. The number of esters is 2. The largest absolute Gasteiger partial charge is 0.468 e. The van der Waals surface area contributed by atoms with Crippen LogP contribution >= 0.6 is 0 Å². The Kier molecular flexibility index (Phi) is 5.16. The van der Waals surface area contributed by atoms with Crippen molar-refractivity contribution in [3.63, 3.8) is 0 Å². The fourth-order valence-electron chi connectivity index (χ4n) is 1.47. The van der Waals surface area contributed by atoms with Gasteiger partial charge in [0.2, 0.25) is 5.95 Å². The Hall–Kier alpha value is -2.05. The molecule has 0 atom stereocenters. The number of carbonyl (C=O) groups is 2. The summed E-state index contributed by atoms with van der Waals surface area (Å²) in [4.78, 5) is 28.3. The van der Waals surface area contributed by atoms with Crippen LogP contribution in [0, 0.1) is 0 Å². The lowest BCUT2D eigenvalue weighted by molar-refractivity contribution is -0.140. The highest BCUT2D eigenvalue weighted by atomic mass is 16.5.